The van der Waals surface area contributed by atoms with Crippen molar-refractivity contribution in [2.45, 2.75) is 38.0 Å². The number of hydrogen-bond donors (Lipinski definition) is 0. The molecule has 13 heavy (non-hydrogen) atoms. The zero-order valence-electron chi connectivity index (χ0n) is 7.72. The Morgan fingerprint density at radius 3 is 2.77 bits per heavy atom. The lowest BCUT2D eigenvalue weighted by Gasteiger charge is -2.05. The smallest absolute Gasteiger partial charge is 0.0701 e. The number of thiophene rings is 1. The van der Waals surface area contributed by atoms with Gasteiger partial charge in [0.1, 0.15) is 0 Å². The van der Waals surface area contributed by atoms with Crippen LogP contribution in [0.25, 0.3) is 0 Å². The summed E-state index contributed by atoms with van der Waals surface area (Å²) in [5.41, 5.74) is 0. The van der Waals surface area contributed by atoms with Crippen molar-refractivity contribution >= 4 is 38.9 Å². The summed E-state index contributed by atoms with van der Waals surface area (Å²) >= 11 is 11.4. The number of rotatable bonds is 5. The van der Waals surface area contributed by atoms with E-state index in [1.54, 1.807) is 11.3 Å². The van der Waals surface area contributed by atoms with Crippen LogP contribution in [0.15, 0.2) is 15.9 Å². The van der Waals surface area contributed by atoms with Crippen LogP contribution in [0.3, 0.4) is 0 Å². The standard InChI is InChI=1S/C10H14BrClS/c1-2-3-4-5-8(12)9-6-7-10(11)13-9/h6-8H,2-5H2,1H3. The van der Waals surface area contributed by atoms with Gasteiger partial charge in [-0.15, -0.1) is 22.9 Å². The van der Waals surface area contributed by atoms with E-state index in [1.807, 2.05) is 0 Å². The number of alkyl halides is 1. The van der Waals surface area contributed by atoms with E-state index in [0.29, 0.717) is 0 Å². The van der Waals surface area contributed by atoms with E-state index in [1.165, 1.54) is 27.9 Å². The molecule has 0 aliphatic heterocycles. The molecule has 0 N–H and O–H groups in total. The van der Waals surface area contributed by atoms with Gasteiger partial charge in [0.15, 0.2) is 0 Å². The quantitative estimate of drug-likeness (QED) is 0.503. The molecule has 0 bridgehead atoms. The van der Waals surface area contributed by atoms with Gasteiger partial charge in [0.2, 0.25) is 0 Å². The van der Waals surface area contributed by atoms with E-state index < -0.39 is 0 Å². The first-order valence-corrected chi connectivity index (χ1v) is 6.68. The molecule has 0 saturated heterocycles. The Kier molecular flexibility index (Phi) is 5.37. The lowest BCUT2D eigenvalue weighted by molar-refractivity contribution is 0.659. The molecule has 1 rings (SSSR count). The Hall–Kier alpha value is 0.470. The fourth-order valence-electron chi connectivity index (χ4n) is 1.21. The molecule has 0 saturated carbocycles. The zero-order chi connectivity index (χ0) is 9.68. The SMILES string of the molecule is CCCCCC(Cl)c1ccc(Br)s1. The Morgan fingerprint density at radius 2 is 2.23 bits per heavy atom. The maximum absolute atomic E-state index is 6.24. The minimum Gasteiger partial charge on any atom is -0.132 e. The molecular formula is C10H14BrClS. The van der Waals surface area contributed by atoms with Crippen molar-refractivity contribution in [3.05, 3.63) is 20.8 Å². The highest BCUT2D eigenvalue weighted by Gasteiger charge is 2.09. The molecule has 0 aromatic carbocycles. The van der Waals surface area contributed by atoms with Gasteiger partial charge >= 0.3 is 0 Å². The van der Waals surface area contributed by atoms with Gasteiger partial charge in [0.25, 0.3) is 0 Å². The predicted molar refractivity (Wildman–Crippen MR) is 64.8 cm³/mol. The second-order valence-electron chi connectivity index (χ2n) is 3.11. The largest absolute Gasteiger partial charge is 0.132 e. The van der Waals surface area contributed by atoms with Crippen LogP contribution in [0.2, 0.25) is 0 Å². The van der Waals surface area contributed by atoms with Gasteiger partial charge in [-0.25, -0.2) is 0 Å². The van der Waals surface area contributed by atoms with Crippen LogP contribution >= 0.6 is 38.9 Å². The average molecular weight is 282 g/mol. The van der Waals surface area contributed by atoms with Crippen LogP contribution in [0, 0.1) is 0 Å². The lowest BCUT2D eigenvalue weighted by atomic mass is 10.1. The van der Waals surface area contributed by atoms with Crippen molar-refractivity contribution in [1.82, 2.24) is 0 Å². The minimum absolute atomic E-state index is 0.211. The van der Waals surface area contributed by atoms with Gasteiger partial charge in [0.05, 0.1) is 9.16 Å². The van der Waals surface area contributed by atoms with Gasteiger partial charge in [-0.3, -0.25) is 0 Å². The van der Waals surface area contributed by atoms with Crippen LogP contribution in [-0.4, -0.2) is 0 Å². The van der Waals surface area contributed by atoms with Gasteiger partial charge in [0, 0.05) is 4.88 Å². The van der Waals surface area contributed by atoms with Crippen LogP contribution in [0.5, 0.6) is 0 Å². The van der Waals surface area contributed by atoms with E-state index in [0.717, 1.165) is 6.42 Å². The normalized spacial score (nSPS) is 13.2. The van der Waals surface area contributed by atoms with Crippen LogP contribution in [0.4, 0.5) is 0 Å². The molecule has 1 heterocycles. The van der Waals surface area contributed by atoms with Gasteiger partial charge < -0.3 is 0 Å². The first-order valence-electron chi connectivity index (χ1n) is 4.63. The first-order chi connectivity index (χ1) is 6.24. The fourth-order valence-corrected chi connectivity index (χ4v) is 3.01. The van der Waals surface area contributed by atoms with Gasteiger partial charge in [-0.2, -0.15) is 0 Å². The summed E-state index contributed by atoms with van der Waals surface area (Å²) in [6, 6.07) is 4.17. The number of unbranched alkanes of at least 4 members (excludes halogenated alkanes) is 2. The molecule has 0 amide bonds. The third-order valence-corrected chi connectivity index (χ3v) is 4.28. The van der Waals surface area contributed by atoms with Crippen molar-refractivity contribution < 1.29 is 0 Å². The third-order valence-electron chi connectivity index (χ3n) is 1.96. The Bertz CT molecular complexity index is 247. The van der Waals surface area contributed by atoms with E-state index >= 15 is 0 Å². The second-order valence-corrected chi connectivity index (χ2v) is 6.13. The summed E-state index contributed by atoms with van der Waals surface area (Å²) in [6.45, 7) is 2.21. The molecule has 0 fully saturated rings. The molecular weight excluding hydrogens is 268 g/mol. The lowest BCUT2D eigenvalue weighted by Crippen LogP contribution is -1.86. The molecule has 1 aromatic heterocycles. The highest BCUT2D eigenvalue weighted by Crippen LogP contribution is 2.34. The summed E-state index contributed by atoms with van der Waals surface area (Å²) in [5.74, 6) is 0. The van der Waals surface area contributed by atoms with Crippen LogP contribution in [0.1, 0.15) is 42.9 Å². The summed E-state index contributed by atoms with van der Waals surface area (Å²) in [6.07, 6.45) is 4.88. The Morgan fingerprint density at radius 1 is 1.46 bits per heavy atom. The molecule has 1 atom stereocenters. The highest BCUT2D eigenvalue weighted by molar-refractivity contribution is 9.11. The molecule has 0 aliphatic rings. The summed E-state index contributed by atoms with van der Waals surface area (Å²) in [4.78, 5) is 1.28. The molecule has 1 unspecified atom stereocenters. The Labute approximate surface area is 97.4 Å². The molecule has 0 radical (unpaired) electrons. The summed E-state index contributed by atoms with van der Waals surface area (Å²) < 4.78 is 1.17. The van der Waals surface area contributed by atoms with Crippen LogP contribution < -0.4 is 0 Å². The number of halogens is 2. The maximum Gasteiger partial charge on any atom is 0.0701 e. The molecule has 0 aliphatic carbocycles. The third kappa shape index (κ3) is 4.01. The summed E-state index contributed by atoms with van der Waals surface area (Å²) in [5, 5.41) is 0.211. The van der Waals surface area contributed by atoms with Crippen LogP contribution in [-0.2, 0) is 0 Å². The monoisotopic (exact) mass is 280 g/mol. The topological polar surface area (TPSA) is 0 Å². The van der Waals surface area contributed by atoms with Crippen molar-refractivity contribution in [3.8, 4) is 0 Å². The second kappa shape index (κ2) is 6.05. The van der Waals surface area contributed by atoms with E-state index in [4.69, 9.17) is 11.6 Å². The highest BCUT2D eigenvalue weighted by atomic mass is 79.9. The van der Waals surface area contributed by atoms with Crippen molar-refractivity contribution in [3.63, 3.8) is 0 Å². The van der Waals surface area contributed by atoms with E-state index in [-0.39, 0.29) is 5.38 Å². The summed E-state index contributed by atoms with van der Waals surface area (Å²) in [7, 11) is 0. The fraction of sp³-hybridized carbons (Fsp3) is 0.600. The van der Waals surface area contributed by atoms with E-state index in [2.05, 4.69) is 35.0 Å². The van der Waals surface area contributed by atoms with E-state index in [9.17, 15) is 0 Å². The minimum atomic E-state index is 0.211. The van der Waals surface area contributed by atoms with Crippen molar-refractivity contribution in [2.24, 2.45) is 0 Å². The molecule has 0 nitrogen and oxygen atoms in total. The maximum atomic E-state index is 6.24. The zero-order valence-corrected chi connectivity index (χ0v) is 10.9. The molecule has 74 valence electrons. The molecule has 0 spiro atoms. The number of hydrogen-bond acceptors (Lipinski definition) is 1. The predicted octanol–water partition coefficient (Wildman–Crippen LogP) is 5.37. The molecule has 1 aromatic rings. The Balaban J connectivity index is 2.35. The first kappa shape index (κ1) is 11.5. The molecule has 3 heteroatoms. The average Bonchev–Trinajstić information content (AvgIpc) is 2.52. The van der Waals surface area contributed by atoms with Crippen molar-refractivity contribution in [2.75, 3.05) is 0 Å². The van der Waals surface area contributed by atoms with Gasteiger partial charge in [-0.1, -0.05) is 26.2 Å². The van der Waals surface area contributed by atoms with Crippen molar-refractivity contribution in [1.29, 1.82) is 0 Å². The van der Waals surface area contributed by atoms with Gasteiger partial charge in [-0.05, 0) is 34.5 Å².